The minimum atomic E-state index is -2.68. The van der Waals surface area contributed by atoms with E-state index in [-0.39, 0.29) is 0 Å². The van der Waals surface area contributed by atoms with Crippen molar-refractivity contribution in [2.24, 2.45) is 0 Å². The van der Waals surface area contributed by atoms with Crippen molar-refractivity contribution in [2.45, 2.75) is 0 Å². The van der Waals surface area contributed by atoms with Crippen LogP contribution in [0.1, 0.15) is 0 Å². The van der Waals surface area contributed by atoms with Crippen molar-refractivity contribution in [2.75, 3.05) is 0 Å². The standard InChI is InChI=1S/C102H75NSi3/c1-10-28-87(29-11-1)104(88-30-12-2-13-31-88,89-32-14-3-15-33-89)96-66-56-79(57-67-96)76-46-50-82(51-47-76)84-62-72-101-99(74-84)100-75-85(83-52-48-77(49-53-83)80-58-68-97(69-59-80)105(90-34-16-4-17-35-90,91-36-18-5-19-37-91)92-38-20-6-21-39-92)63-73-102(100)103(101)86-64-54-78(55-65-86)81-60-70-98(71-61-81)106(93-40-22-7-23-41-93,94-42-24-8-25-43-94)95-44-26-9-27-45-95/h1-75H. The first kappa shape index (κ1) is 65.2. The van der Waals surface area contributed by atoms with Crippen molar-refractivity contribution in [3.8, 4) is 61.3 Å². The van der Waals surface area contributed by atoms with E-state index >= 15 is 0 Å². The first-order valence-corrected chi connectivity index (χ1v) is 42.8. The molecule has 0 fully saturated rings. The highest BCUT2D eigenvalue weighted by atomic mass is 28.3. The molecular formula is C102H75NSi3. The molecule has 0 aliphatic carbocycles. The van der Waals surface area contributed by atoms with Gasteiger partial charge >= 0.3 is 0 Å². The maximum absolute atomic E-state index is 2.68. The maximum Gasteiger partial charge on any atom is 0.179 e. The van der Waals surface area contributed by atoms with Gasteiger partial charge in [0, 0.05) is 16.5 Å². The Morgan fingerprint density at radius 3 is 0.481 bits per heavy atom. The van der Waals surface area contributed by atoms with Crippen LogP contribution in [0.25, 0.3) is 83.1 Å². The lowest BCUT2D eigenvalue weighted by atomic mass is 9.97. The third kappa shape index (κ3) is 11.6. The third-order valence-corrected chi connectivity index (χ3v) is 36.5. The minimum absolute atomic E-state index is 1.11. The summed E-state index contributed by atoms with van der Waals surface area (Å²) in [5.74, 6) is 0. The topological polar surface area (TPSA) is 4.93 Å². The molecule has 0 radical (unpaired) electrons. The molecule has 1 nitrogen and oxygen atoms in total. The van der Waals surface area contributed by atoms with Crippen molar-refractivity contribution in [1.82, 2.24) is 4.57 Å². The number of aromatic nitrogens is 1. The quantitative estimate of drug-likeness (QED) is 0.0596. The molecule has 0 aliphatic rings. The van der Waals surface area contributed by atoms with E-state index in [9.17, 15) is 0 Å². The number of hydrogen-bond donors (Lipinski definition) is 0. The van der Waals surface area contributed by atoms with Crippen LogP contribution >= 0.6 is 0 Å². The lowest BCUT2D eigenvalue weighted by Gasteiger charge is -2.34. The summed E-state index contributed by atoms with van der Waals surface area (Å²) in [7, 11) is -8.00. The number of benzene rings is 17. The van der Waals surface area contributed by atoms with Crippen LogP contribution in [-0.4, -0.2) is 28.8 Å². The summed E-state index contributed by atoms with van der Waals surface area (Å²) in [6, 6.07) is 171. The van der Waals surface area contributed by atoms with Crippen LogP contribution in [0, 0.1) is 0 Å². The van der Waals surface area contributed by atoms with E-state index in [2.05, 4.69) is 460 Å². The van der Waals surface area contributed by atoms with Crippen LogP contribution in [0.4, 0.5) is 0 Å². The van der Waals surface area contributed by atoms with Gasteiger partial charge in [-0.25, -0.2) is 0 Å². The first-order chi connectivity index (χ1) is 52.5. The van der Waals surface area contributed by atoms with Gasteiger partial charge in [0.2, 0.25) is 0 Å². The summed E-state index contributed by atoms with van der Waals surface area (Å²) in [6.07, 6.45) is 0. The molecule has 18 rings (SSSR count). The van der Waals surface area contributed by atoms with Crippen molar-refractivity contribution in [3.05, 3.63) is 455 Å². The zero-order valence-electron chi connectivity index (χ0n) is 58.7. The summed E-state index contributed by atoms with van der Waals surface area (Å²) in [5.41, 5.74) is 15.2. The molecule has 0 N–H and O–H groups in total. The molecule has 0 unspecified atom stereocenters. The zero-order chi connectivity index (χ0) is 70.7. The predicted molar refractivity (Wildman–Crippen MR) is 459 cm³/mol. The normalized spacial score (nSPS) is 11.8. The van der Waals surface area contributed by atoms with Crippen LogP contribution in [0.5, 0.6) is 0 Å². The summed E-state index contributed by atoms with van der Waals surface area (Å²) in [4.78, 5) is 0. The van der Waals surface area contributed by atoms with E-state index in [1.807, 2.05) is 0 Å². The molecule has 0 amide bonds. The Morgan fingerprint density at radius 2 is 0.283 bits per heavy atom. The molecule has 0 spiro atoms. The molecular weight excluding hydrogens is 1320 g/mol. The van der Waals surface area contributed by atoms with Crippen molar-refractivity contribution < 1.29 is 0 Å². The number of nitrogens with zero attached hydrogens (tertiary/aromatic N) is 1. The summed E-state index contributed by atoms with van der Waals surface area (Å²) in [5, 5.41) is 18.8. The Morgan fingerprint density at radius 1 is 0.132 bits per heavy atom. The molecule has 18 aromatic rings. The van der Waals surface area contributed by atoms with Gasteiger partial charge in [-0.1, -0.05) is 419 Å². The highest BCUT2D eigenvalue weighted by molar-refractivity contribution is 7.21. The van der Waals surface area contributed by atoms with E-state index in [0.29, 0.717) is 0 Å². The van der Waals surface area contributed by atoms with Crippen molar-refractivity contribution >= 4 is 108 Å². The average molecular weight is 1400 g/mol. The fourth-order valence-corrected chi connectivity index (χ4v) is 31.3. The van der Waals surface area contributed by atoms with E-state index < -0.39 is 24.2 Å². The second kappa shape index (κ2) is 28.4. The fraction of sp³-hybridized carbons (Fsp3) is 0. The molecule has 500 valence electrons. The maximum atomic E-state index is 2.46. The highest BCUT2D eigenvalue weighted by Gasteiger charge is 2.44. The zero-order valence-corrected chi connectivity index (χ0v) is 61.7. The largest absolute Gasteiger partial charge is 0.309 e. The molecule has 17 aromatic carbocycles. The highest BCUT2D eigenvalue weighted by Crippen LogP contribution is 2.39. The molecule has 0 bridgehead atoms. The van der Waals surface area contributed by atoms with Crippen LogP contribution in [0.2, 0.25) is 0 Å². The van der Waals surface area contributed by atoms with Crippen LogP contribution in [0.15, 0.2) is 455 Å². The van der Waals surface area contributed by atoms with Gasteiger partial charge in [-0.15, -0.1) is 0 Å². The molecule has 4 heteroatoms. The number of fused-ring (bicyclic) bond motifs is 3. The van der Waals surface area contributed by atoms with Crippen LogP contribution in [-0.2, 0) is 0 Å². The summed E-state index contributed by atoms with van der Waals surface area (Å²) in [6.45, 7) is 0. The van der Waals surface area contributed by atoms with Gasteiger partial charge in [-0.3, -0.25) is 0 Å². The molecule has 1 aromatic heterocycles. The Kier molecular flexibility index (Phi) is 17.5. The molecule has 0 atom stereocenters. The molecule has 0 saturated carbocycles. The summed E-state index contributed by atoms with van der Waals surface area (Å²) >= 11 is 0. The van der Waals surface area contributed by atoms with Crippen molar-refractivity contribution in [1.29, 1.82) is 0 Å². The smallest absolute Gasteiger partial charge is 0.179 e. The van der Waals surface area contributed by atoms with Crippen molar-refractivity contribution in [3.63, 3.8) is 0 Å². The van der Waals surface area contributed by atoms with Gasteiger partial charge in [0.1, 0.15) is 0 Å². The number of rotatable bonds is 18. The monoisotopic (exact) mass is 1400 g/mol. The molecule has 106 heavy (non-hydrogen) atoms. The fourth-order valence-electron chi connectivity index (χ4n) is 17.1. The SMILES string of the molecule is c1ccc([Si](c2ccccc2)(c2ccccc2)c2ccc(-c3ccc(-c4ccc5c(c4)c4cc(-c6ccc(-c7ccc([Si](c8ccccc8)(c8ccccc8)c8ccccc8)cc7)cc6)ccc4n5-c4ccc(-c5ccc([Si](c6ccccc6)(c6ccccc6)c6ccccc6)cc5)cc4)cc3)cc2)cc1. The van der Waals surface area contributed by atoms with Crippen LogP contribution < -0.4 is 62.2 Å². The van der Waals surface area contributed by atoms with E-state index in [1.165, 1.54) is 129 Å². The lowest BCUT2D eigenvalue weighted by Crippen LogP contribution is -2.74. The van der Waals surface area contributed by atoms with Gasteiger partial charge < -0.3 is 4.57 Å². The van der Waals surface area contributed by atoms with E-state index in [1.54, 1.807) is 0 Å². The van der Waals surface area contributed by atoms with E-state index in [0.717, 1.165) is 16.7 Å². The lowest BCUT2D eigenvalue weighted by molar-refractivity contribution is 1.18. The third-order valence-electron chi connectivity index (χ3n) is 22.1. The Balaban J connectivity index is 0.699. The molecule has 1 heterocycles. The summed E-state index contributed by atoms with van der Waals surface area (Å²) < 4.78 is 2.46. The van der Waals surface area contributed by atoms with Gasteiger partial charge in [0.15, 0.2) is 24.2 Å². The Bertz CT molecular complexity index is 5450. The minimum Gasteiger partial charge on any atom is -0.309 e. The second-order valence-corrected chi connectivity index (χ2v) is 39.2. The second-order valence-electron chi connectivity index (χ2n) is 27.8. The molecule has 0 aliphatic heterocycles. The van der Waals surface area contributed by atoms with E-state index in [4.69, 9.17) is 0 Å². The Hall–Kier alpha value is -12.8. The number of hydrogen-bond acceptors (Lipinski definition) is 0. The van der Waals surface area contributed by atoms with Crippen LogP contribution in [0.3, 0.4) is 0 Å². The van der Waals surface area contributed by atoms with Gasteiger partial charge in [-0.05, 0) is 154 Å². The first-order valence-electron chi connectivity index (χ1n) is 36.8. The van der Waals surface area contributed by atoms with Gasteiger partial charge in [0.25, 0.3) is 0 Å². The average Bonchev–Trinajstić information content (AvgIpc) is 1.53. The van der Waals surface area contributed by atoms with Gasteiger partial charge in [0.05, 0.1) is 11.0 Å². The predicted octanol–water partition coefficient (Wildman–Crippen LogP) is 17.3. The molecule has 0 saturated heterocycles. The Labute approximate surface area is 624 Å². The van der Waals surface area contributed by atoms with Gasteiger partial charge in [-0.2, -0.15) is 0 Å².